The monoisotopic (exact) mass is 610 g/mol. The molecule has 0 radical (unpaired) electrons. The van der Waals surface area contributed by atoms with Crippen LogP contribution in [0.1, 0.15) is 97.1 Å². The van der Waals surface area contributed by atoms with Crippen molar-refractivity contribution < 1.29 is 16.0 Å². The van der Waals surface area contributed by atoms with Crippen molar-refractivity contribution in [3.63, 3.8) is 0 Å². The topological polar surface area (TPSA) is 105 Å². The molecule has 4 rings (SSSR count). The first-order chi connectivity index (χ1) is 17.6. The van der Waals surface area contributed by atoms with Gasteiger partial charge in [0.25, 0.3) is 0 Å². The van der Waals surface area contributed by atoms with E-state index in [-0.39, 0.29) is 31.1 Å². The number of anilines is 1. The van der Waals surface area contributed by atoms with Gasteiger partial charge in [-0.1, -0.05) is 0 Å². The second-order valence-corrected chi connectivity index (χ2v) is 20.0. The molecule has 36 heavy (non-hydrogen) atoms. The van der Waals surface area contributed by atoms with Crippen LogP contribution in [0.5, 0.6) is 0 Å². The van der Waals surface area contributed by atoms with Gasteiger partial charge in [0, 0.05) is 0 Å². The molecule has 3 N–H and O–H groups in total. The molecular weight excluding hydrogens is 563 g/mol. The number of aromatic nitrogens is 3. The minimum atomic E-state index is -3.34. The Morgan fingerprint density at radius 1 is 0.889 bits per heavy atom. The molecule has 2 saturated heterocycles. The Morgan fingerprint density at radius 3 is 2.14 bits per heavy atom. The second kappa shape index (κ2) is 13.7. The number of aliphatic hydroxyl groups excluding tert-OH is 1. The van der Waals surface area contributed by atoms with Crippen molar-refractivity contribution in [2.24, 2.45) is 0 Å². The first-order valence-corrected chi connectivity index (χ1v) is 20.7. The van der Waals surface area contributed by atoms with Crippen molar-refractivity contribution in [3.05, 3.63) is 18.6 Å². The number of nitrogens with two attached hydrogens (primary N) is 1. The van der Waals surface area contributed by atoms with Crippen LogP contribution in [-0.4, -0.2) is 63.8 Å². The van der Waals surface area contributed by atoms with Crippen LogP contribution in [0.3, 0.4) is 0 Å². The molecule has 2 aliphatic heterocycles. The Labute approximate surface area is 221 Å². The Hall–Kier alpha value is -0.941. The van der Waals surface area contributed by atoms with Crippen LogP contribution in [0.2, 0.25) is 8.87 Å². The van der Waals surface area contributed by atoms with E-state index in [0.717, 1.165) is 19.9 Å². The quantitative estimate of drug-likeness (QED) is 0.182. The molecule has 2 aromatic rings. The molecule has 0 aliphatic carbocycles. The van der Waals surface area contributed by atoms with Crippen LogP contribution < -0.4 is 5.73 Å². The molecule has 0 saturated carbocycles. The Bertz CT molecular complexity index is 926. The number of hydrogen-bond acceptors (Lipinski definition) is 7. The molecule has 4 heterocycles. The average Bonchev–Trinajstić information content (AvgIpc) is 3.56. The fraction of sp³-hybridized carbons (Fsp3) is 0.778. The van der Waals surface area contributed by atoms with E-state index in [4.69, 9.17) is 16.6 Å². The Morgan fingerprint density at radius 2 is 1.50 bits per heavy atom. The molecule has 2 aromatic heterocycles. The number of rotatable bonds is 16. The molecule has 9 heteroatoms. The zero-order valence-corrected chi connectivity index (χ0v) is 25.1. The summed E-state index contributed by atoms with van der Waals surface area (Å²) in [5.74, 6) is 0.454. The molecule has 2 fully saturated rings. The van der Waals surface area contributed by atoms with E-state index >= 15 is 0 Å². The van der Waals surface area contributed by atoms with Gasteiger partial charge in [-0.3, -0.25) is 0 Å². The van der Waals surface area contributed by atoms with E-state index in [2.05, 4.69) is 23.8 Å². The van der Waals surface area contributed by atoms with Gasteiger partial charge in [-0.2, -0.15) is 0 Å². The molecule has 0 bridgehead atoms. The van der Waals surface area contributed by atoms with Crippen LogP contribution >= 0.6 is 0 Å². The van der Waals surface area contributed by atoms with Crippen molar-refractivity contribution in [1.82, 2.24) is 14.5 Å². The van der Waals surface area contributed by atoms with E-state index in [1.54, 1.807) is 0 Å². The van der Waals surface area contributed by atoms with Gasteiger partial charge in [-0.15, -0.1) is 0 Å². The predicted molar refractivity (Wildman–Crippen MR) is 145 cm³/mol. The standard InChI is InChI=1S/C11H12N4O4.2C8H17.Sn/c12-9-5-1-2-15(10(5)14-4-13-9)11-8(18)7(17)6(3-16)19-11;2*1-3-5-7-8-6-4-2;/h1-2,4,6-8,11,16H,3H2,(H2,12,13,14);2*1,3-8H2,2H3;/q-2;;;+2/t6-,7+,8-,11-;;;/m0.../s1. The average molecular weight is 609 g/mol. The van der Waals surface area contributed by atoms with E-state index in [0.29, 0.717) is 5.82 Å². The van der Waals surface area contributed by atoms with E-state index < -0.39 is 19.2 Å². The fourth-order valence-corrected chi connectivity index (χ4v) is 16.9. The number of hydrogen-bond donors (Lipinski definition) is 2. The third-order valence-corrected chi connectivity index (χ3v) is 18.2. The van der Waals surface area contributed by atoms with Crippen LogP contribution in [-0.2, 0) is 10.9 Å². The summed E-state index contributed by atoms with van der Waals surface area (Å²) in [4.78, 5) is 8.58. The summed E-state index contributed by atoms with van der Waals surface area (Å²) in [5, 5.41) is 11.0. The van der Waals surface area contributed by atoms with Gasteiger partial charge in [0.15, 0.2) is 0 Å². The minimum absolute atomic E-state index is 0.0761. The Kier molecular flexibility index (Phi) is 10.7. The first kappa shape index (κ1) is 28.1. The number of fused-ring (bicyclic) bond motifs is 2. The van der Waals surface area contributed by atoms with Gasteiger partial charge < -0.3 is 0 Å². The van der Waals surface area contributed by atoms with Crippen LogP contribution in [0, 0.1) is 0 Å². The summed E-state index contributed by atoms with van der Waals surface area (Å²) in [6.07, 6.45) is 17.5. The summed E-state index contributed by atoms with van der Waals surface area (Å²) >= 11 is -3.34. The maximum absolute atomic E-state index is 10.2. The summed E-state index contributed by atoms with van der Waals surface area (Å²) in [6, 6.07) is 1.92. The first-order valence-electron chi connectivity index (χ1n) is 14.3. The van der Waals surface area contributed by atoms with Gasteiger partial charge in [-0.05, 0) is 0 Å². The van der Waals surface area contributed by atoms with Crippen LogP contribution in [0.4, 0.5) is 5.82 Å². The van der Waals surface area contributed by atoms with Crippen molar-refractivity contribution in [3.8, 4) is 0 Å². The van der Waals surface area contributed by atoms with Gasteiger partial charge in [0.05, 0.1) is 0 Å². The molecule has 0 aromatic carbocycles. The maximum atomic E-state index is 10.2. The molecular formula is C27H46N4O4Sn. The van der Waals surface area contributed by atoms with Crippen molar-refractivity contribution in [1.29, 1.82) is 0 Å². The number of ether oxygens (including phenoxy) is 1. The van der Waals surface area contributed by atoms with Gasteiger partial charge in [0.2, 0.25) is 0 Å². The van der Waals surface area contributed by atoms with Gasteiger partial charge in [-0.25, -0.2) is 0 Å². The zero-order valence-electron chi connectivity index (χ0n) is 22.2. The van der Waals surface area contributed by atoms with E-state index in [9.17, 15) is 5.11 Å². The molecule has 0 amide bonds. The van der Waals surface area contributed by atoms with Gasteiger partial charge in [0.1, 0.15) is 0 Å². The van der Waals surface area contributed by atoms with Crippen molar-refractivity contribution in [2.45, 2.75) is 124 Å². The molecule has 0 unspecified atom stereocenters. The SMILES string of the molecule is CCCCCCC[CH2][Sn]1([CH2]CCCCCCC)[O][C@H]2[C@H]([O]1)[C@@H](n1ccc3c(N)ncnc31)O[C@H]2CO. The molecule has 4 atom stereocenters. The summed E-state index contributed by atoms with van der Waals surface area (Å²) in [7, 11) is 0. The zero-order chi connectivity index (χ0) is 25.4. The summed E-state index contributed by atoms with van der Waals surface area (Å²) in [6.45, 7) is 4.44. The number of nitrogen functional groups attached to an aromatic ring is 1. The predicted octanol–water partition coefficient (Wildman–Crippen LogP) is 5.85. The molecule has 2 aliphatic rings. The van der Waals surface area contributed by atoms with Crippen LogP contribution in [0.25, 0.3) is 11.0 Å². The summed E-state index contributed by atoms with van der Waals surface area (Å²) < 4.78 is 24.4. The molecule has 202 valence electrons. The fourth-order valence-electron chi connectivity index (χ4n) is 5.78. The van der Waals surface area contributed by atoms with Crippen molar-refractivity contribution >= 4 is 36.1 Å². The molecule has 0 spiro atoms. The second-order valence-electron chi connectivity index (χ2n) is 10.6. The third kappa shape index (κ3) is 6.54. The number of aliphatic hydroxyl groups is 1. The van der Waals surface area contributed by atoms with Crippen molar-refractivity contribution in [2.75, 3.05) is 12.3 Å². The number of nitrogens with zero attached hydrogens (tertiary/aromatic N) is 3. The molecule has 8 nitrogen and oxygen atoms in total. The normalized spacial score (nSPS) is 25.1. The van der Waals surface area contributed by atoms with Gasteiger partial charge >= 0.3 is 222 Å². The van der Waals surface area contributed by atoms with E-state index in [1.807, 2.05) is 16.8 Å². The number of unbranched alkanes of at least 4 members (excludes halogenated alkanes) is 10. The summed E-state index contributed by atoms with van der Waals surface area (Å²) in [5.41, 5.74) is 6.81. The Balaban J connectivity index is 1.47. The van der Waals surface area contributed by atoms with E-state index in [1.165, 1.54) is 83.4 Å². The third-order valence-electron chi connectivity index (χ3n) is 7.80. The van der Waals surface area contributed by atoms with Crippen LogP contribution in [0.15, 0.2) is 18.6 Å².